The monoisotopic (exact) mass is 443 g/mol. The third-order valence-electron chi connectivity index (χ3n) is 6.30. The van der Waals surface area contributed by atoms with Crippen LogP contribution >= 0.6 is 0 Å². The summed E-state index contributed by atoms with van der Waals surface area (Å²) in [7, 11) is 0. The Morgan fingerprint density at radius 2 is 1.91 bits per heavy atom. The molecule has 8 heteroatoms. The average molecular weight is 444 g/mol. The second-order valence-electron chi connectivity index (χ2n) is 9.84. The van der Waals surface area contributed by atoms with E-state index >= 15 is 0 Å². The minimum atomic E-state index is -0.468. The molecule has 4 rings (SSSR count). The summed E-state index contributed by atoms with van der Waals surface area (Å²) in [4.78, 5) is 40.4. The van der Waals surface area contributed by atoms with Gasteiger partial charge in [0.05, 0.1) is 18.8 Å². The first-order chi connectivity index (χ1) is 15.2. The van der Waals surface area contributed by atoms with Gasteiger partial charge in [-0.15, -0.1) is 0 Å². The second-order valence-corrected chi connectivity index (χ2v) is 9.84. The smallest absolute Gasteiger partial charge is 0.320 e. The highest BCUT2D eigenvalue weighted by atomic mass is 16.6. The Kier molecular flexibility index (Phi) is 6.42. The molecule has 0 bridgehead atoms. The van der Waals surface area contributed by atoms with Crippen LogP contribution in [0.1, 0.15) is 57.9 Å². The Bertz CT molecular complexity index is 886. The molecule has 0 saturated carbocycles. The molecule has 174 valence electrons. The zero-order valence-corrected chi connectivity index (χ0v) is 19.2. The normalized spacial score (nSPS) is 22.7. The highest BCUT2D eigenvalue weighted by molar-refractivity contribution is 6.02. The van der Waals surface area contributed by atoms with Crippen LogP contribution < -0.4 is 15.0 Å². The van der Waals surface area contributed by atoms with Crippen LogP contribution in [0.15, 0.2) is 18.2 Å². The van der Waals surface area contributed by atoms with Gasteiger partial charge in [0.2, 0.25) is 11.8 Å². The Hall–Kier alpha value is -2.61. The van der Waals surface area contributed by atoms with Crippen LogP contribution in [0.2, 0.25) is 0 Å². The lowest BCUT2D eigenvalue weighted by molar-refractivity contribution is -0.156. The number of fused-ring (bicyclic) bond motifs is 1. The minimum absolute atomic E-state index is 0.184. The molecule has 0 unspecified atom stereocenters. The number of anilines is 1. The molecular weight excluding hydrogens is 410 g/mol. The highest BCUT2D eigenvalue weighted by Gasteiger charge is 2.36. The quantitative estimate of drug-likeness (QED) is 0.564. The van der Waals surface area contributed by atoms with Crippen LogP contribution in [0.3, 0.4) is 0 Å². The molecule has 2 fully saturated rings. The Morgan fingerprint density at radius 1 is 1.16 bits per heavy atom. The highest BCUT2D eigenvalue weighted by Crippen LogP contribution is 2.43. The van der Waals surface area contributed by atoms with Gasteiger partial charge in [0.1, 0.15) is 24.0 Å². The van der Waals surface area contributed by atoms with Crippen molar-refractivity contribution in [2.24, 2.45) is 0 Å². The van der Waals surface area contributed by atoms with Crippen LogP contribution in [0.4, 0.5) is 5.69 Å². The van der Waals surface area contributed by atoms with Crippen molar-refractivity contribution in [2.45, 2.75) is 64.0 Å². The fourth-order valence-corrected chi connectivity index (χ4v) is 4.88. The van der Waals surface area contributed by atoms with Gasteiger partial charge in [-0.05, 0) is 70.7 Å². The molecule has 8 nitrogen and oxygen atoms in total. The van der Waals surface area contributed by atoms with Gasteiger partial charge in [-0.3, -0.25) is 24.6 Å². The van der Waals surface area contributed by atoms with E-state index in [0.29, 0.717) is 38.5 Å². The third kappa shape index (κ3) is 5.06. The van der Waals surface area contributed by atoms with Crippen LogP contribution in [-0.4, -0.2) is 67.1 Å². The first-order valence-electron chi connectivity index (χ1n) is 11.5. The molecule has 2 saturated heterocycles. The maximum absolute atomic E-state index is 12.5. The Balaban J connectivity index is 1.43. The molecule has 3 aliphatic heterocycles. The van der Waals surface area contributed by atoms with Crippen molar-refractivity contribution in [3.8, 4) is 5.75 Å². The van der Waals surface area contributed by atoms with Crippen molar-refractivity contribution >= 4 is 23.5 Å². The predicted octanol–water partition coefficient (Wildman–Crippen LogP) is 2.21. The number of imide groups is 1. The fourth-order valence-electron chi connectivity index (χ4n) is 4.88. The van der Waals surface area contributed by atoms with E-state index in [-0.39, 0.29) is 23.8 Å². The van der Waals surface area contributed by atoms with Gasteiger partial charge < -0.3 is 14.4 Å². The third-order valence-corrected chi connectivity index (χ3v) is 6.30. The number of benzene rings is 1. The lowest BCUT2D eigenvalue weighted by Crippen LogP contribution is -2.54. The first kappa shape index (κ1) is 22.6. The van der Waals surface area contributed by atoms with Gasteiger partial charge in [0.15, 0.2) is 0 Å². The van der Waals surface area contributed by atoms with Gasteiger partial charge in [-0.25, -0.2) is 0 Å². The molecule has 32 heavy (non-hydrogen) atoms. The molecule has 2 amide bonds. The molecular formula is C24H33N3O5. The van der Waals surface area contributed by atoms with E-state index in [1.54, 1.807) is 0 Å². The largest absolute Gasteiger partial charge is 0.489 e. The number of para-hydroxylation sites is 1. The molecule has 3 heterocycles. The summed E-state index contributed by atoms with van der Waals surface area (Å²) in [6.45, 7) is 8.75. The predicted molar refractivity (Wildman–Crippen MR) is 120 cm³/mol. The van der Waals surface area contributed by atoms with E-state index in [0.717, 1.165) is 42.9 Å². The number of nitrogens with one attached hydrogen (secondary N) is 1. The molecule has 0 aromatic heterocycles. The Morgan fingerprint density at radius 3 is 2.59 bits per heavy atom. The number of hydrogen-bond acceptors (Lipinski definition) is 7. The summed E-state index contributed by atoms with van der Waals surface area (Å²) in [5.74, 6) is 0.577. The van der Waals surface area contributed by atoms with Gasteiger partial charge >= 0.3 is 5.97 Å². The van der Waals surface area contributed by atoms with E-state index in [1.165, 1.54) is 0 Å². The number of likely N-dealkylation sites (tertiary alicyclic amines) is 1. The number of hydrogen-bond donors (Lipinski definition) is 1. The van der Waals surface area contributed by atoms with E-state index < -0.39 is 5.60 Å². The molecule has 0 spiro atoms. The molecule has 0 radical (unpaired) electrons. The first-order valence-corrected chi connectivity index (χ1v) is 11.5. The average Bonchev–Trinajstić information content (AvgIpc) is 2.72. The maximum Gasteiger partial charge on any atom is 0.320 e. The molecule has 1 aromatic rings. The minimum Gasteiger partial charge on any atom is -0.489 e. The van der Waals surface area contributed by atoms with Gasteiger partial charge in [-0.1, -0.05) is 12.1 Å². The van der Waals surface area contributed by atoms with E-state index in [4.69, 9.17) is 9.47 Å². The van der Waals surface area contributed by atoms with E-state index in [2.05, 4.69) is 21.2 Å². The molecule has 0 aliphatic carbocycles. The summed E-state index contributed by atoms with van der Waals surface area (Å²) >= 11 is 0. The number of piperidine rings is 2. The summed E-state index contributed by atoms with van der Waals surface area (Å²) in [6, 6.07) is 5.79. The number of nitrogens with zero attached hydrogens (tertiary/aromatic N) is 2. The number of rotatable bonds is 4. The summed E-state index contributed by atoms with van der Waals surface area (Å²) in [5, 5.41) is 2.47. The second kappa shape index (κ2) is 9.10. The van der Waals surface area contributed by atoms with Gasteiger partial charge in [-0.2, -0.15) is 0 Å². The molecule has 1 atom stereocenters. The van der Waals surface area contributed by atoms with E-state index in [9.17, 15) is 14.4 Å². The van der Waals surface area contributed by atoms with Crippen molar-refractivity contribution in [3.05, 3.63) is 23.8 Å². The van der Waals surface area contributed by atoms with E-state index in [1.807, 2.05) is 32.9 Å². The lowest BCUT2D eigenvalue weighted by Gasteiger charge is -2.40. The topological polar surface area (TPSA) is 88.2 Å². The molecule has 1 N–H and O–H groups in total. The SMILES string of the molecule is CC(C)(C)OC(=O)CN1CCC(c2cccc3c2OCCN3[C@H]2CCC(=O)NC2=O)CC1. The van der Waals surface area contributed by atoms with Crippen LogP contribution in [0, 0.1) is 0 Å². The van der Waals surface area contributed by atoms with Crippen LogP contribution in [-0.2, 0) is 19.1 Å². The van der Waals surface area contributed by atoms with Gasteiger partial charge in [0, 0.05) is 6.42 Å². The van der Waals surface area contributed by atoms with Crippen molar-refractivity contribution in [2.75, 3.05) is 37.7 Å². The number of carbonyl (C=O) groups excluding carboxylic acids is 3. The zero-order valence-electron chi connectivity index (χ0n) is 19.2. The van der Waals surface area contributed by atoms with Crippen molar-refractivity contribution in [3.63, 3.8) is 0 Å². The number of esters is 1. The van der Waals surface area contributed by atoms with Gasteiger partial charge in [0.25, 0.3) is 0 Å². The Labute approximate surface area is 189 Å². The summed E-state index contributed by atoms with van der Waals surface area (Å²) in [6.07, 6.45) is 2.75. The summed E-state index contributed by atoms with van der Waals surface area (Å²) in [5.41, 5.74) is 1.63. The number of amides is 2. The molecule has 3 aliphatic rings. The molecule has 1 aromatic carbocycles. The maximum atomic E-state index is 12.5. The van der Waals surface area contributed by atoms with Crippen LogP contribution in [0.5, 0.6) is 5.75 Å². The van der Waals surface area contributed by atoms with Crippen molar-refractivity contribution < 1.29 is 23.9 Å². The van der Waals surface area contributed by atoms with Crippen LogP contribution in [0.25, 0.3) is 0 Å². The number of ether oxygens (including phenoxy) is 2. The zero-order chi connectivity index (χ0) is 22.9. The van der Waals surface area contributed by atoms with Crippen molar-refractivity contribution in [1.82, 2.24) is 10.2 Å². The standard InChI is InChI=1S/C24H33N3O5/c1-24(2,3)32-21(29)15-26-11-9-16(10-12-26)17-5-4-6-18-22(17)31-14-13-27(18)19-7-8-20(28)25-23(19)30/h4-6,16,19H,7-15H2,1-3H3,(H,25,28,30)/t19-/m0/s1. The lowest BCUT2D eigenvalue weighted by atomic mass is 9.87. The summed E-state index contributed by atoms with van der Waals surface area (Å²) < 4.78 is 11.6. The van der Waals surface area contributed by atoms with Crippen molar-refractivity contribution in [1.29, 1.82) is 0 Å². The fraction of sp³-hybridized carbons (Fsp3) is 0.625. The number of carbonyl (C=O) groups is 3.